The number of anilines is 1. The van der Waals surface area contributed by atoms with Crippen LogP contribution in [0.3, 0.4) is 0 Å². The van der Waals surface area contributed by atoms with Crippen molar-refractivity contribution in [3.05, 3.63) is 95.2 Å². The summed E-state index contributed by atoms with van der Waals surface area (Å²) in [5.74, 6) is -1.20. The second-order valence-electron chi connectivity index (χ2n) is 10.9. The van der Waals surface area contributed by atoms with Gasteiger partial charge in [-0.25, -0.2) is 14.2 Å². The number of pyridine rings is 2. The van der Waals surface area contributed by atoms with E-state index in [9.17, 15) is 18.8 Å². The zero-order chi connectivity index (χ0) is 31.2. The summed E-state index contributed by atoms with van der Waals surface area (Å²) in [5, 5.41) is 5.28. The minimum atomic E-state index is -0.669. The van der Waals surface area contributed by atoms with Crippen LogP contribution in [-0.4, -0.2) is 76.1 Å². The molecule has 1 aliphatic heterocycles. The third-order valence-electron chi connectivity index (χ3n) is 7.70. The van der Waals surface area contributed by atoms with E-state index in [4.69, 9.17) is 9.72 Å². The highest BCUT2D eigenvalue weighted by Crippen LogP contribution is 2.40. The summed E-state index contributed by atoms with van der Waals surface area (Å²) in [4.78, 5) is 49.3. The molecule has 3 amide bonds. The Morgan fingerprint density at radius 1 is 1.18 bits per heavy atom. The predicted molar refractivity (Wildman–Crippen MR) is 164 cm³/mol. The van der Waals surface area contributed by atoms with Crippen molar-refractivity contribution in [2.24, 2.45) is 0 Å². The van der Waals surface area contributed by atoms with Crippen molar-refractivity contribution in [3.8, 4) is 5.75 Å². The van der Waals surface area contributed by atoms with E-state index in [0.29, 0.717) is 49.9 Å². The van der Waals surface area contributed by atoms with E-state index in [2.05, 4.69) is 33.2 Å². The van der Waals surface area contributed by atoms with Crippen LogP contribution in [-0.2, 0) is 4.79 Å². The number of ether oxygens (including phenoxy) is 1. The first-order valence-electron chi connectivity index (χ1n) is 14.7. The number of aryl methyl sites for hydroxylation is 1. The number of halogens is 1. The molecule has 228 valence electrons. The number of hydrogen-bond donors (Lipinski definition) is 2. The maximum absolute atomic E-state index is 14.2. The van der Waals surface area contributed by atoms with Crippen LogP contribution in [0.2, 0.25) is 0 Å². The van der Waals surface area contributed by atoms with Crippen molar-refractivity contribution >= 4 is 29.8 Å². The largest absolute Gasteiger partial charge is 0.482 e. The number of amides is 3. The normalized spacial score (nSPS) is 15.6. The Kier molecular flexibility index (Phi) is 9.54. The smallest absolute Gasteiger partial charge is 0.411 e. The van der Waals surface area contributed by atoms with Gasteiger partial charge in [0.2, 0.25) is 0 Å². The lowest BCUT2D eigenvalue weighted by Crippen LogP contribution is -2.43. The molecule has 5 rings (SSSR count). The lowest BCUT2D eigenvalue weighted by atomic mass is 10.0. The van der Waals surface area contributed by atoms with Gasteiger partial charge < -0.3 is 15.4 Å². The first kappa shape index (κ1) is 30.7. The molecule has 1 fully saturated rings. The Morgan fingerprint density at radius 2 is 2.00 bits per heavy atom. The maximum Gasteiger partial charge on any atom is 0.411 e. The van der Waals surface area contributed by atoms with Gasteiger partial charge in [-0.05, 0) is 74.1 Å². The lowest BCUT2D eigenvalue weighted by Gasteiger charge is -2.28. The van der Waals surface area contributed by atoms with Crippen LogP contribution < -0.4 is 15.4 Å². The van der Waals surface area contributed by atoms with E-state index >= 15 is 0 Å². The molecule has 3 aromatic rings. The Morgan fingerprint density at radius 3 is 2.64 bits per heavy atom. The van der Waals surface area contributed by atoms with Crippen LogP contribution in [0, 0.1) is 12.7 Å². The number of benzene rings is 1. The Balaban J connectivity index is 1.46. The number of nitrogens with zero attached hydrogens (tertiary/aromatic N) is 4. The van der Waals surface area contributed by atoms with E-state index in [1.807, 2.05) is 18.5 Å². The molecule has 2 N–H and O–H groups in total. The van der Waals surface area contributed by atoms with E-state index in [1.54, 1.807) is 24.5 Å². The monoisotopic (exact) mass is 599 g/mol. The highest BCUT2D eigenvalue weighted by Gasteiger charge is 2.29. The van der Waals surface area contributed by atoms with Gasteiger partial charge in [-0.1, -0.05) is 12.6 Å². The molecule has 44 heavy (non-hydrogen) atoms. The predicted octanol–water partition coefficient (Wildman–Crippen LogP) is 4.04. The Labute approximate surface area is 255 Å². The molecule has 0 saturated heterocycles. The molecule has 10 nitrogen and oxygen atoms in total. The van der Waals surface area contributed by atoms with Gasteiger partial charge in [0.25, 0.3) is 11.8 Å². The third-order valence-corrected chi connectivity index (χ3v) is 7.70. The highest BCUT2D eigenvalue weighted by molar-refractivity contribution is 6.07. The van der Waals surface area contributed by atoms with Crippen molar-refractivity contribution in [1.29, 1.82) is 0 Å². The highest BCUT2D eigenvalue weighted by atomic mass is 19.1. The van der Waals surface area contributed by atoms with Crippen molar-refractivity contribution < 1.29 is 28.1 Å². The van der Waals surface area contributed by atoms with E-state index in [-0.39, 0.29) is 28.6 Å². The molecule has 0 unspecified atom stereocenters. The van der Waals surface area contributed by atoms with Gasteiger partial charge in [0.05, 0.1) is 24.3 Å². The summed E-state index contributed by atoms with van der Waals surface area (Å²) >= 11 is 0. The van der Waals surface area contributed by atoms with E-state index < -0.39 is 23.7 Å². The van der Waals surface area contributed by atoms with Gasteiger partial charge in [-0.3, -0.25) is 19.5 Å². The average Bonchev–Trinajstić information content (AvgIpc) is 3.88. The number of aromatic nitrogens is 2. The number of carbonyl (C=O) groups is 3. The van der Waals surface area contributed by atoms with Crippen LogP contribution in [0.5, 0.6) is 5.75 Å². The minimum Gasteiger partial charge on any atom is -0.482 e. The first-order valence-corrected chi connectivity index (χ1v) is 14.7. The van der Waals surface area contributed by atoms with Crippen LogP contribution in [0.4, 0.5) is 10.2 Å². The van der Waals surface area contributed by atoms with Crippen LogP contribution >= 0.6 is 0 Å². The van der Waals surface area contributed by atoms with Gasteiger partial charge in [0.1, 0.15) is 5.75 Å². The molecule has 3 heterocycles. The molecule has 11 heteroatoms. The summed E-state index contributed by atoms with van der Waals surface area (Å²) in [6.45, 7) is 9.54. The molecular formula is C33H36FN6O4+. The fourth-order valence-corrected chi connectivity index (χ4v) is 5.08. The Bertz CT molecular complexity index is 1600. The van der Waals surface area contributed by atoms with Crippen molar-refractivity contribution in [1.82, 2.24) is 20.2 Å². The number of hydrogen-bond acceptors (Lipinski definition) is 7. The van der Waals surface area contributed by atoms with Gasteiger partial charge in [-0.2, -0.15) is 4.58 Å². The molecular weight excluding hydrogens is 563 g/mol. The summed E-state index contributed by atoms with van der Waals surface area (Å²) in [7, 11) is 0. The second kappa shape index (κ2) is 13.7. The summed E-state index contributed by atoms with van der Waals surface area (Å²) < 4.78 is 22.4. The quantitative estimate of drug-likeness (QED) is 0.253. The van der Waals surface area contributed by atoms with Crippen molar-refractivity contribution in [2.45, 2.75) is 38.7 Å². The molecule has 1 atom stereocenters. The SMILES string of the molecule is C=CC(=O)[N+]1=CCN(C[C@@H](Oc2cc(C)c(C(=O)Nc3ncccc3F)cc2C(=O)NCC)c2ccc(C3CC3)cn2)CC1. The number of rotatable bonds is 11. The van der Waals surface area contributed by atoms with Crippen LogP contribution in [0.1, 0.15) is 69.3 Å². The van der Waals surface area contributed by atoms with Gasteiger partial charge in [0, 0.05) is 37.1 Å². The third kappa shape index (κ3) is 7.23. The minimum absolute atomic E-state index is 0.147. The topological polar surface area (TPSA) is 117 Å². The number of carbonyl (C=O) groups excluding carboxylic acids is 3. The van der Waals surface area contributed by atoms with Crippen molar-refractivity contribution in [3.63, 3.8) is 0 Å². The average molecular weight is 600 g/mol. The second-order valence-corrected chi connectivity index (χ2v) is 10.9. The molecule has 1 aliphatic carbocycles. The summed E-state index contributed by atoms with van der Waals surface area (Å²) in [5.41, 5.74) is 2.77. The van der Waals surface area contributed by atoms with E-state index in [1.165, 1.54) is 36.0 Å². The van der Waals surface area contributed by atoms with Gasteiger partial charge in [0.15, 0.2) is 30.5 Å². The molecule has 0 spiro atoms. The molecule has 1 saturated carbocycles. The van der Waals surface area contributed by atoms with E-state index in [0.717, 1.165) is 12.8 Å². The van der Waals surface area contributed by atoms with Gasteiger partial charge >= 0.3 is 5.91 Å². The van der Waals surface area contributed by atoms with Gasteiger partial charge in [-0.15, -0.1) is 0 Å². The van der Waals surface area contributed by atoms with Crippen LogP contribution in [0.15, 0.2) is 61.4 Å². The fraction of sp³-hybridized carbons (Fsp3) is 0.333. The van der Waals surface area contributed by atoms with Crippen LogP contribution in [0.25, 0.3) is 0 Å². The maximum atomic E-state index is 14.2. The van der Waals surface area contributed by atoms with Crippen molar-refractivity contribution in [2.75, 3.05) is 38.0 Å². The fourth-order valence-electron chi connectivity index (χ4n) is 5.08. The standard InChI is InChI=1S/C33H35FN6O4/c1-4-30(41)40-15-13-39(14-16-40)20-29(27-11-10-23(19-37-27)22-8-9-22)44-28-17-21(3)24(18-25(28)32(42)35-5-2)33(43)38-31-26(34)7-6-12-36-31/h4,6-7,10-12,15,17-19,22,29H,1,5,8-9,13-14,16,20H2,2-3H3,(H-,35,36,38,42,43)/p+1/t29-/m1/s1. The lowest BCUT2D eigenvalue weighted by molar-refractivity contribution is -0.446. The number of nitrogens with one attached hydrogen (secondary N) is 2. The first-order chi connectivity index (χ1) is 21.3. The zero-order valence-electron chi connectivity index (χ0n) is 24.9. The molecule has 0 radical (unpaired) electrons. The molecule has 2 aromatic heterocycles. The summed E-state index contributed by atoms with van der Waals surface area (Å²) in [6, 6.07) is 9.77. The summed E-state index contributed by atoms with van der Waals surface area (Å²) in [6.07, 6.45) is 8.15. The Hall–Kier alpha value is -4.77. The molecule has 1 aromatic carbocycles. The molecule has 2 aliphatic rings. The molecule has 0 bridgehead atoms. The zero-order valence-corrected chi connectivity index (χ0v) is 24.9.